The Labute approximate surface area is 111 Å². The Morgan fingerprint density at radius 1 is 1.37 bits per heavy atom. The van der Waals surface area contributed by atoms with Crippen molar-refractivity contribution in [2.24, 2.45) is 5.92 Å². The van der Waals surface area contributed by atoms with Crippen molar-refractivity contribution >= 4 is 18.0 Å². The Balaban J connectivity index is 2.71. The van der Waals surface area contributed by atoms with Crippen molar-refractivity contribution in [3.8, 4) is 0 Å². The Kier molecular flexibility index (Phi) is 5.14. The fraction of sp³-hybridized carbons (Fsp3) is 0.750. The van der Waals surface area contributed by atoms with E-state index in [1.54, 1.807) is 13.8 Å². The monoisotopic (exact) mass is 272 g/mol. The third kappa shape index (κ3) is 3.59. The molecule has 0 unspecified atom stereocenters. The van der Waals surface area contributed by atoms with Crippen LogP contribution in [0.25, 0.3) is 0 Å². The summed E-state index contributed by atoms with van der Waals surface area (Å²) in [6.07, 6.45) is 0.0100. The van der Waals surface area contributed by atoms with Crippen molar-refractivity contribution in [3.63, 3.8) is 0 Å². The zero-order valence-corrected chi connectivity index (χ0v) is 11.4. The van der Waals surface area contributed by atoms with Gasteiger partial charge in [0.1, 0.15) is 12.1 Å². The van der Waals surface area contributed by atoms with Crippen LogP contribution in [0.15, 0.2) is 0 Å². The van der Waals surface area contributed by atoms with E-state index < -0.39 is 30.1 Å². The van der Waals surface area contributed by atoms with Gasteiger partial charge in [-0.15, -0.1) is 0 Å². The van der Waals surface area contributed by atoms with E-state index in [9.17, 15) is 14.4 Å². The Bertz CT molecular complexity index is 369. The number of carboxylic acid groups (broad SMARTS) is 1. The minimum absolute atomic E-state index is 0.129. The van der Waals surface area contributed by atoms with Crippen LogP contribution in [0.5, 0.6) is 0 Å². The number of hydrogen-bond acceptors (Lipinski definition) is 4. The summed E-state index contributed by atoms with van der Waals surface area (Å²) >= 11 is 0. The van der Waals surface area contributed by atoms with E-state index in [0.717, 1.165) is 4.90 Å². The van der Waals surface area contributed by atoms with Crippen LogP contribution in [0, 0.1) is 5.92 Å². The van der Waals surface area contributed by atoms with Crippen LogP contribution in [0.1, 0.15) is 26.7 Å². The van der Waals surface area contributed by atoms with E-state index in [1.165, 1.54) is 7.11 Å². The number of methoxy groups -OCH3 is 1. The molecule has 7 nitrogen and oxygen atoms in total. The molecule has 0 aromatic carbocycles. The third-order valence-electron chi connectivity index (χ3n) is 3.22. The number of esters is 1. The molecule has 2 atom stereocenters. The smallest absolute Gasteiger partial charge is 0.407 e. The normalized spacial score (nSPS) is 20.2. The van der Waals surface area contributed by atoms with Crippen LogP contribution >= 0.6 is 0 Å². The van der Waals surface area contributed by atoms with Crippen LogP contribution in [0.4, 0.5) is 4.79 Å². The van der Waals surface area contributed by atoms with E-state index in [4.69, 9.17) is 5.11 Å². The molecule has 19 heavy (non-hydrogen) atoms. The first-order valence-electron chi connectivity index (χ1n) is 6.26. The molecule has 0 aromatic rings. The van der Waals surface area contributed by atoms with Gasteiger partial charge in [0.05, 0.1) is 7.11 Å². The zero-order valence-electron chi connectivity index (χ0n) is 11.4. The van der Waals surface area contributed by atoms with Gasteiger partial charge in [-0.2, -0.15) is 0 Å². The van der Waals surface area contributed by atoms with Crippen LogP contribution in [0.2, 0.25) is 0 Å². The first-order valence-corrected chi connectivity index (χ1v) is 6.26. The van der Waals surface area contributed by atoms with E-state index in [1.807, 2.05) is 0 Å². The first-order chi connectivity index (χ1) is 8.88. The van der Waals surface area contributed by atoms with Gasteiger partial charge in [0.15, 0.2) is 0 Å². The first kappa shape index (κ1) is 15.3. The minimum Gasteiger partial charge on any atom is -0.467 e. The molecular weight excluding hydrogens is 252 g/mol. The number of amides is 2. The highest BCUT2D eigenvalue weighted by atomic mass is 16.5. The maximum absolute atomic E-state index is 12.1. The zero-order chi connectivity index (χ0) is 14.6. The number of ether oxygens (including phenoxy) is 1. The summed E-state index contributed by atoms with van der Waals surface area (Å²) in [4.78, 5) is 35.7. The lowest BCUT2D eigenvalue weighted by Crippen LogP contribution is -2.52. The molecule has 2 amide bonds. The van der Waals surface area contributed by atoms with Crippen molar-refractivity contribution in [2.45, 2.75) is 38.8 Å². The van der Waals surface area contributed by atoms with Crippen LogP contribution in [-0.2, 0) is 14.3 Å². The minimum atomic E-state index is -1.11. The van der Waals surface area contributed by atoms with Gasteiger partial charge >= 0.3 is 12.1 Å². The standard InChI is InChI=1S/C12H20N2O5/c1-7(2)9(11(16)19-3)13-10(15)8-5-4-6-14(8)12(17)18/h7-9H,4-6H2,1-3H3,(H,13,15)(H,17,18)/t8-,9+/m0/s1. The van der Waals surface area contributed by atoms with Crippen molar-refractivity contribution in [3.05, 3.63) is 0 Å². The van der Waals surface area contributed by atoms with Crippen molar-refractivity contribution in [1.82, 2.24) is 10.2 Å². The number of rotatable bonds is 4. The van der Waals surface area contributed by atoms with Crippen molar-refractivity contribution < 1.29 is 24.2 Å². The third-order valence-corrected chi connectivity index (χ3v) is 3.22. The predicted octanol–water partition coefficient (Wildman–Crippen LogP) is 0.443. The number of likely N-dealkylation sites (tertiary alicyclic amines) is 1. The van der Waals surface area contributed by atoms with Gasteiger partial charge in [-0.1, -0.05) is 13.8 Å². The van der Waals surface area contributed by atoms with Gasteiger partial charge in [-0.25, -0.2) is 9.59 Å². The summed E-state index contributed by atoms with van der Waals surface area (Å²) < 4.78 is 4.63. The summed E-state index contributed by atoms with van der Waals surface area (Å²) in [5.74, 6) is -1.09. The predicted molar refractivity (Wildman–Crippen MR) is 66.5 cm³/mol. The van der Waals surface area contributed by atoms with E-state index >= 15 is 0 Å². The topological polar surface area (TPSA) is 95.9 Å². The highest BCUT2D eigenvalue weighted by Gasteiger charge is 2.36. The average molecular weight is 272 g/mol. The number of hydrogen-bond donors (Lipinski definition) is 2. The van der Waals surface area contributed by atoms with Crippen molar-refractivity contribution in [1.29, 1.82) is 0 Å². The quantitative estimate of drug-likeness (QED) is 0.724. The molecule has 1 aliphatic heterocycles. The summed E-state index contributed by atoms with van der Waals surface area (Å²) in [7, 11) is 1.25. The number of carbonyl (C=O) groups is 3. The molecule has 0 bridgehead atoms. The SMILES string of the molecule is COC(=O)[C@H](NC(=O)[C@@H]1CCCN1C(=O)O)C(C)C. The number of carbonyl (C=O) groups excluding carboxylic acids is 2. The lowest BCUT2D eigenvalue weighted by atomic mass is 10.0. The molecule has 2 N–H and O–H groups in total. The molecule has 108 valence electrons. The molecule has 1 saturated heterocycles. The van der Waals surface area contributed by atoms with Crippen LogP contribution < -0.4 is 5.32 Å². The maximum Gasteiger partial charge on any atom is 0.407 e. The lowest BCUT2D eigenvalue weighted by molar-refractivity contribution is -0.146. The molecule has 0 aliphatic carbocycles. The largest absolute Gasteiger partial charge is 0.467 e. The second-order valence-electron chi connectivity index (χ2n) is 4.89. The van der Waals surface area contributed by atoms with E-state index in [2.05, 4.69) is 10.1 Å². The molecular formula is C12H20N2O5. The molecule has 0 radical (unpaired) electrons. The van der Waals surface area contributed by atoms with E-state index in [0.29, 0.717) is 19.4 Å². The van der Waals surface area contributed by atoms with Gasteiger partial charge < -0.3 is 15.2 Å². The van der Waals surface area contributed by atoms with Crippen molar-refractivity contribution in [2.75, 3.05) is 13.7 Å². The second kappa shape index (κ2) is 6.40. The van der Waals surface area contributed by atoms with Gasteiger partial charge in [-0.3, -0.25) is 9.69 Å². The molecule has 1 heterocycles. The van der Waals surface area contributed by atoms with Crippen LogP contribution in [-0.4, -0.2) is 53.7 Å². The fourth-order valence-corrected chi connectivity index (χ4v) is 2.14. The van der Waals surface area contributed by atoms with Gasteiger partial charge in [-0.05, 0) is 18.8 Å². The summed E-state index contributed by atoms with van der Waals surface area (Å²) in [6, 6.07) is -1.47. The summed E-state index contributed by atoms with van der Waals surface area (Å²) in [5.41, 5.74) is 0. The molecule has 1 rings (SSSR count). The maximum atomic E-state index is 12.1. The molecule has 0 aromatic heterocycles. The highest BCUT2D eigenvalue weighted by Crippen LogP contribution is 2.18. The number of nitrogens with zero attached hydrogens (tertiary/aromatic N) is 1. The number of nitrogens with one attached hydrogen (secondary N) is 1. The Hall–Kier alpha value is -1.79. The van der Waals surface area contributed by atoms with Gasteiger partial charge in [0.25, 0.3) is 0 Å². The molecule has 1 fully saturated rings. The molecule has 1 aliphatic rings. The molecule has 0 saturated carbocycles. The van der Waals surface area contributed by atoms with Gasteiger partial charge in [0, 0.05) is 6.54 Å². The highest BCUT2D eigenvalue weighted by molar-refractivity contribution is 5.89. The summed E-state index contributed by atoms with van der Waals surface area (Å²) in [5, 5.41) is 11.6. The molecule has 0 spiro atoms. The summed E-state index contributed by atoms with van der Waals surface area (Å²) in [6.45, 7) is 3.91. The fourth-order valence-electron chi connectivity index (χ4n) is 2.14. The van der Waals surface area contributed by atoms with Crippen LogP contribution in [0.3, 0.4) is 0 Å². The average Bonchev–Trinajstić information content (AvgIpc) is 2.83. The Morgan fingerprint density at radius 3 is 2.47 bits per heavy atom. The van der Waals surface area contributed by atoms with Gasteiger partial charge in [0.2, 0.25) is 5.91 Å². The molecule has 7 heteroatoms. The van der Waals surface area contributed by atoms with E-state index in [-0.39, 0.29) is 5.92 Å². The Morgan fingerprint density at radius 2 is 2.00 bits per heavy atom. The lowest BCUT2D eigenvalue weighted by Gasteiger charge is -2.25. The second-order valence-corrected chi connectivity index (χ2v) is 4.89.